The van der Waals surface area contributed by atoms with Crippen LogP contribution >= 0.6 is 0 Å². The summed E-state index contributed by atoms with van der Waals surface area (Å²) >= 11 is -3.07. The standard InChI is InChI=1S/2C7H4F3.C6H11O2.Sn/c2*8-7(9,10)6-4-2-1-3-5-6;1-3-4-5-8-6(2)7;/h2*1-2,4-5H;1,3-5H2,2H3;. The zero-order chi connectivity index (χ0) is 21.7. The molecule has 0 atom stereocenters. The van der Waals surface area contributed by atoms with Crippen LogP contribution in [0.1, 0.15) is 30.9 Å². The van der Waals surface area contributed by atoms with Gasteiger partial charge in [-0.25, -0.2) is 0 Å². The number of hydrogen-bond acceptors (Lipinski definition) is 2. The van der Waals surface area contributed by atoms with Gasteiger partial charge in [-0.3, -0.25) is 0 Å². The van der Waals surface area contributed by atoms with Crippen LogP contribution in [-0.2, 0) is 21.9 Å². The van der Waals surface area contributed by atoms with E-state index in [9.17, 15) is 31.1 Å². The molecule has 0 saturated heterocycles. The molecule has 2 aromatic rings. The summed E-state index contributed by atoms with van der Waals surface area (Å²) in [6.45, 7) is 1.45. The molecular formula is C20H19F6O2Sn. The first-order chi connectivity index (χ1) is 13.5. The summed E-state index contributed by atoms with van der Waals surface area (Å²) in [4.78, 5) is 10.8. The molecule has 29 heavy (non-hydrogen) atoms. The number of ether oxygens (including phenoxy) is 1. The number of halogens is 6. The van der Waals surface area contributed by atoms with E-state index in [4.69, 9.17) is 4.74 Å². The summed E-state index contributed by atoms with van der Waals surface area (Å²) in [7, 11) is 0. The number of carbonyl (C=O) groups is 1. The molecular weight excluding hydrogens is 505 g/mol. The van der Waals surface area contributed by atoms with Gasteiger partial charge in [0.25, 0.3) is 0 Å². The molecule has 2 aromatic carbocycles. The number of rotatable bonds is 7. The quantitative estimate of drug-likeness (QED) is 0.228. The Kier molecular flexibility index (Phi) is 8.01. The fourth-order valence-electron chi connectivity index (χ4n) is 2.84. The maximum atomic E-state index is 13.1. The van der Waals surface area contributed by atoms with Crippen LogP contribution in [0.2, 0.25) is 4.44 Å². The van der Waals surface area contributed by atoms with Crippen LogP contribution in [0.25, 0.3) is 0 Å². The van der Waals surface area contributed by atoms with Gasteiger partial charge in [0.15, 0.2) is 0 Å². The van der Waals surface area contributed by atoms with Crippen LogP contribution in [0.15, 0.2) is 48.5 Å². The molecule has 2 nitrogen and oxygen atoms in total. The van der Waals surface area contributed by atoms with Crippen LogP contribution in [0.5, 0.6) is 0 Å². The normalized spacial score (nSPS) is 12.3. The zero-order valence-corrected chi connectivity index (χ0v) is 18.4. The van der Waals surface area contributed by atoms with Crippen molar-refractivity contribution in [2.75, 3.05) is 6.61 Å². The molecule has 0 aliphatic rings. The third kappa shape index (κ3) is 7.24. The molecule has 0 heterocycles. The Bertz CT molecular complexity index is 775. The first-order valence-corrected chi connectivity index (χ1v) is 13.7. The first-order valence-electron chi connectivity index (χ1n) is 8.83. The van der Waals surface area contributed by atoms with Crippen LogP contribution in [0.3, 0.4) is 0 Å². The van der Waals surface area contributed by atoms with Crippen molar-refractivity contribution >= 4 is 32.9 Å². The van der Waals surface area contributed by atoms with E-state index in [1.807, 2.05) is 0 Å². The summed E-state index contributed by atoms with van der Waals surface area (Å²) in [6.07, 6.45) is -7.99. The molecule has 0 spiro atoms. The minimum absolute atomic E-state index is 0.178. The van der Waals surface area contributed by atoms with Gasteiger partial charge in [0.1, 0.15) is 0 Å². The Morgan fingerprint density at radius 1 is 0.862 bits per heavy atom. The Labute approximate surface area is 171 Å². The minimum atomic E-state index is -4.52. The summed E-state index contributed by atoms with van der Waals surface area (Å²) < 4.78 is 85.0. The predicted octanol–water partition coefficient (Wildman–Crippen LogP) is 4.68. The fourth-order valence-corrected chi connectivity index (χ4v) is 10.7. The Hall–Kier alpha value is -1.71. The second-order valence-corrected chi connectivity index (χ2v) is 13.9. The average molecular weight is 524 g/mol. The van der Waals surface area contributed by atoms with Gasteiger partial charge in [0, 0.05) is 0 Å². The maximum absolute atomic E-state index is 13.1. The van der Waals surface area contributed by atoms with Crippen molar-refractivity contribution in [2.24, 2.45) is 0 Å². The Morgan fingerprint density at radius 2 is 1.34 bits per heavy atom. The Morgan fingerprint density at radius 3 is 1.76 bits per heavy atom. The van der Waals surface area contributed by atoms with E-state index in [1.165, 1.54) is 19.1 Å². The third-order valence-electron chi connectivity index (χ3n) is 4.20. The molecule has 157 valence electrons. The van der Waals surface area contributed by atoms with Crippen molar-refractivity contribution in [1.29, 1.82) is 0 Å². The van der Waals surface area contributed by atoms with Crippen molar-refractivity contribution in [3.8, 4) is 0 Å². The molecule has 0 N–H and O–H groups in total. The fraction of sp³-hybridized carbons (Fsp3) is 0.350. The van der Waals surface area contributed by atoms with Gasteiger partial charge < -0.3 is 0 Å². The van der Waals surface area contributed by atoms with Gasteiger partial charge in [0.05, 0.1) is 0 Å². The second kappa shape index (κ2) is 9.86. The van der Waals surface area contributed by atoms with Gasteiger partial charge in [-0.2, -0.15) is 0 Å². The van der Waals surface area contributed by atoms with Gasteiger partial charge >= 0.3 is 172 Å². The topological polar surface area (TPSA) is 26.3 Å². The first kappa shape index (κ1) is 23.6. The van der Waals surface area contributed by atoms with E-state index in [0.717, 1.165) is 24.3 Å². The van der Waals surface area contributed by atoms with Crippen molar-refractivity contribution in [3.05, 3.63) is 59.7 Å². The molecule has 0 amide bonds. The van der Waals surface area contributed by atoms with Crippen LogP contribution in [0, 0.1) is 0 Å². The number of unbranched alkanes of at least 4 members (excludes halogenated alkanes) is 1. The van der Waals surface area contributed by atoms with Gasteiger partial charge in [-0.1, -0.05) is 0 Å². The second-order valence-electron chi connectivity index (χ2n) is 6.43. The SMILES string of the molecule is CC(=O)OCCC[CH2][Sn]([c]1cccc(C(F)(F)F)c1)[c]1cccc(C(F)(F)F)c1. The molecule has 0 bridgehead atoms. The van der Waals surface area contributed by atoms with E-state index in [1.54, 1.807) is 12.1 Å². The van der Waals surface area contributed by atoms with Gasteiger partial charge in [0.2, 0.25) is 0 Å². The molecule has 9 heteroatoms. The van der Waals surface area contributed by atoms with Crippen molar-refractivity contribution < 1.29 is 35.9 Å². The number of carbonyl (C=O) groups excluding carboxylic acids is 1. The van der Waals surface area contributed by atoms with Crippen LogP contribution in [-0.4, -0.2) is 32.3 Å². The summed E-state index contributed by atoms with van der Waals surface area (Å²) in [5, 5.41) is 0. The molecule has 0 aliphatic carbocycles. The number of hydrogen-bond donors (Lipinski definition) is 0. The number of benzene rings is 2. The molecule has 1 radical (unpaired) electrons. The molecule has 0 fully saturated rings. The molecule has 0 aliphatic heterocycles. The molecule has 0 saturated carbocycles. The molecule has 0 aromatic heterocycles. The van der Waals surface area contributed by atoms with E-state index in [-0.39, 0.29) is 6.61 Å². The Balaban J connectivity index is 2.33. The van der Waals surface area contributed by atoms with E-state index >= 15 is 0 Å². The summed E-state index contributed by atoms with van der Waals surface area (Å²) in [5.41, 5.74) is -1.61. The van der Waals surface area contributed by atoms with Crippen LogP contribution < -0.4 is 7.16 Å². The van der Waals surface area contributed by atoms with Crippen molar-refractivity contribution in [2.45, 2.75) is 36.6 Å². The van der Waals surface area contributed by atoms with E-state index in [0.29, 0.717) is 24.4 Å². The van der Waals surface area contributed by atoms with Gasteiger partial charge in [-0.05, 0) is 0 Å². The summed E-state index contributed by atoms with van der Waals surface area (Å²) in [5.74, 6) is -0.431. The third-order valence-corrected chi connectivity index (χ3v) is 12.4. The molecule has 2 rings (SSSR count). The monoisotopic (exact) mass is 525 g/mol. The van der Waals surface area contributed by atoms with E-state index < -0.39 is 49.2 Å². The summed E-state index contributed by atoms with van der Waals surface area (Å²) in [6, 6.07) is 9.75. The van der Waals surface area contributed by atoms with Crippen LogP contribution in [0.4, 0.5) is 26.3 Å². The average Bonchev–Trinajstić information content (AvgIpc) is 2.63. The zero-order valence-electron chi connectivity index (χ0n) is 15.5. The number of esters is 1. The van der Waals surface area contributed by atoms with Crippen molar-refractivity contribution in [3.63, 3.8) is 0 Å². The number of alkyl halides is 6. The van der Waals surface area contributed by atoms with Gasteiger partial charge in [-0.15, -0.1) is 0 Å². The van der Waals surface area contributed by atoms with E-state index in [2.05, 4.69) is 0 Å². The predicted molar refractivity (Wildman–Crippen MR) is 98.6 cm³/mol. The van der Waals surface area contributed by atoms with Crippen molar-refractivity contribution in [1.82, 2.24) is 0 Å². The molecule has 0 unspecified atom stereocenters.